The summed E-state index contributed by atoms with van der Waals surface area (Å²) in [4.78, 5) is 11.1. The molecule has 0 atom stereocenters. The Kier molecular flexibility index (Phi) is 7.16. The molecule has 2 N–H and O–H groups in total. The van der Waals surface area contributed by atoms with Gasteiger partial charge in [-0.25, -0.2) is 0 Å². The number of nitrogens with one attached hydrogen (secondary N) is 2. The van der Waals surface area contributed by atoms with E-state index < -0.39 is 0 Å². The number of rotatable bonds is 6. The van der Waals surface area contributed by atoms with E-state index in [4.69, 9.17) is 0 Å². The number of nitrogens with zero attached hydrogens (tertiary/aromatic N) is 3. The Hall–Kier alpha value is -1.62. The van der Waals surface area contributed by atoms with Crippen LogP contribution in [0.25, 0.3) is 0 Å². The van der Waals surface area contributed by atoms with Gasteiger partial charge >= 0.3 is 0 Å². The zero-order valence-corrected chi connectivity index (χ0v) is 13.9. The van der Waals surface area contributed by atoms with E-state index in [1.807, 2.05) is 25.4 Å². The molecule has 5 nitrogen and oxygen atoms in total. The van der Waals surface area contributed by atoms with Crippen molar-refractivity contribution >= 4 is 5.96 Å². The molecule has 0 spiro atoms. The molecule has 5 heteroatoms. The number of piperidine rings is 1. The molecular formula is C17H29N5. The van der Waals surface area contributed by atoms with E-state index in [2.05, 4.69) is 38.5 Å². The summed E-state index contributed by atoms with van der Waals surface area (Å²) < 4.78 is 0. The van der Waals surface area contributed by atoms with Crippen molar-refractivity contribution in [3.63, 3.8) is 0 Å². The number of pyridine rings is 1. The highest BCUT2D eigenvalue weighted by atomic mass is 15.2. The Labute approximate surface area is 134 Å². The third-order valence-electron chi connectivity index (χ3n) is 4.22. The zero-order chi connectivity index (χ0) is 15.6. The van der Waals surface area contributed by atoms with E-state index in [0.717, 1.165) is 43.6 Å². The summed E-state index contributed by atoms with van der Waals surface area (Å²) in [5, 5.41) is 6.73. The number of hydrogen-bond acceptors (Lipinski definition) is 3. The highest BCUT2D eigenvalue weighted by Gasteiger charge is 2.14. The largest absolute Gasteiger partial charge is 0.356 e. The minimum Gasteiger partial charge on any atom is -0.356 e. The highest BCUT2D eigenvalue weighted by molar-refractivity contribution is 5.79. The van der Waals surface area contributed by atoms with Crippen molar-refractivity contribution in [2.75, 3.05) is 39.8 Å². The Morgan fingerprint density at radius 1 is 1.27 bits per heavy atom. The average Bonchev–Trinajstić information content (AvgIpc) is 2.56. The number of aromatic nitrogens is 1. The van der Waals surface area contributed by atoms with Gasteiger partial charge in [-0.1, -0.05) is 13.0 Å². The number of hydrogen-bond donors (Lipinski definition) is 2. The Morgan fingerprint density at radius 2 is 2.05 bits per heavy atom. The van der Waals surface area contributed by atoms with Crippen molar-refractivity contribution < 1.29 is 0 Å². The van der Waals surface area contributed by atoms with Gasteiger partial charge in [-0.2, -0.15) is 0 Å². The smallest absolute Gasteiger partial charge is 0.191 e. The first-order valence-corrected chi connectivity index (χ1v) is 8.34. The van der Waals surface area contributed by atoms with Gasteiger partial charge in [0.05, 0.1) is 0 Å². The lowest BCUT2D eigenvalue weighted by Gasteiger charge is -2.30. The maximum atomic E-state index is 4.32. The lowest BCUT2D eigenvalue weighted by molar-refractivity contribution is 0.195. The lowest BCUT2D eigenvalue weighted by Crippen LogP contribution is -2.43. The predicted molar refractivity (Wildman–Crippen MR) is 92.1 cm³/mol. The van der Waals surface area contributed by atoms with E-state index in [-0.39, 0.29) is 0 Å². The van der Waals surface area contributed by atoms with Crippen LogP contribution in [-0.4, -0.2) is 55.6 Å². The standard InChI is InChI=1S/C17H29N5/c1-15-7-12-22(13-8-15)14-11-21-17(18-2)20-10-6-16-5-3-4-9-19-16/h3-5,9,15H,6-8,10-14H2,1-2H3,(H2,18,20,21). The van der Waals surface area contributed by atoms with Crippen LogP contribution in [0.1, 0.15) is 25.5 Å². The first-order valence-electron chi connectivity index (χ1n) is 8.34. The van der Waals surface area contributed by atoms with E-state index in [0.29, 0.717) is 0 Å². The molecule has 1 fully saturated rings. The van der Waals surface area contributed by atoms with Crippen LogP contribution in [0.4, 0.5) is 0 Å². The fourth-order valence-electron chi connectivity index (χ4n) is 2.69. The van der Waals surface area contributed by atoms with Crippen LogP contribution >= 0.6 is 0 Å². The molecule has 0 aliphatic carbocycles. The van der Waals surface area contributed by atoms with Gasteiger partial charge in [0.25, 0.3) is 0 Å². The summed E-state index contributed by atoms with van der Waals surface area (Å²) in [6, 6.07) is 6.02. The fourth-order valence-corrected chi connectivity index (χ4v) is 2.69. The molecule has 1 aliphatic rings. The predicted octanol–water partition coefficient (Wildman–Crippen LogP) is 1.52. The topological polar surface area (TPSA) is 52.6 Å². The van der Waals surface area contributed by atoms with E-state index in [1.54, 1.807) is 0 Å². The highest BCUT2D eigenvalue weighted by Crippen LogP contribution is 2.14. The molecule has 1 saturated heterocycles. The van der Waals surface area contributed by atoms with Gasteiger partial charge in [0.1, 0.15) is 0 Å². The van der Waals surface area contributed by atoms with Crippen LogP contribution in [0.15, 0.2) is 29.4 Å². The number of aliphatic imine (C=N–C) groups is 1. The summed E-state index contributed by atoms with van der Waals surface area (Å²) in [7, 11) is 1.82. The maximum Gasteiger partial charge on any atom is 0.191 e. The zero-order valence-electron chi connectivity index (χ0n) is 13.9. The molecule has 1 aromatic rings. The van der Waals surface area contributed by atoms with Gasteiger partial charge in [0.15, 0.2) is 5.96 Å². The van der Waals surface area contributed by atoms with Gasteiger partial charge < -0.3 is 15.5 Å². The van der Waals surface area contributed by atoms with Gasteiger partial charge in [0.2, 0.25) is 0 Å². The fraction of sp³-hybridized carbons (Fsp3) is 0.647. The first-order chi connectivity index (χ1) is 10.8. The van der Waals surface area contributed by atoms with Crippen LogP contribution in [0.2, 0.25) is 0 Å². The van der Waals surface area contributed by atoms with Gasteiger partial charge in [-0.15, -0.1) is 0 Å². The van der Waals surface area contributed by atoms with Gasteiger partial charge in [-0.05, 0) is 44.0 Å². The SMILES string of the molecule is CN=C(NCCc1ccccn1)NCCN1CCC(C)CC1. The summed E-state index contributed by atoms with van der Waals surface area (Å²) in [6.07, 6.45) is 5.40. The van der Waals surface area contributed by atoms with Crippen molar-refractivity contribution in [1.29, 1.82) is 0 Å². The van der Waals surface area contributed by atoms with Gasteiger partial charge in [-0.3, -0.25) is 9.98 Å². The van der Waals surface area contributed by atoms with Crippen molar-refractivity contribution in [3.05, 3.63) is 30.1 Å². The molecule has 0 unspecified atom stereocenters. The maximum absolute atomic E-state index is 4.32. The molecule has 0 bridgehead atoms. The second-order valence-corrected chi connectivity index (χ2v) is 6.02. The Morgan fingerprint density at radius 3 is 2.73 bits per heavy atom. The summed E-state index contributed by atoms with van der Waals surface area (Å²) in [5.74, 6) is 1.77. The number of likely N-dealkylation sites (tertiary alicyclic amines) is 1. The van der Waals surface area contributed by atoms with Crippen LogP contribution in [-0.2, 0) is 6.42 Å². The van der Waals surface area contributed by atoms with Crippen LogP contribution in [0, 0.1) is 5.92 Å². The minimum atomic E-state index is 0.845. The van der Waals surface area contributed by atoms with Crippen molar-refractivity contribution in [3.8, 4) is 0 Å². The molecule has 0 radical (unpaired) electrons. The molecular weight excluding hydrogens is 274 g/mol. The average molecular weight is 303 g/mol. The first kappa shape index (κ1) is 16.7. The third-order valence-corrected chi connectivity index (χ3v) is 4.22. The molecule has 22 heavy (non-hydrogen) atoms. The van der Waals surface area contributed by atoms with E-state index in [9.17, 15) is 0 Å². The Bertz CT molecular complexity index is 438. The Balaban J connectivity index is 1.59. The van der Waals surface area contributed by atoms with Crippen molar-refractivity contribution in [2.24, 2.45) is 10.9 Å². The molecule has 1 aliphatic heterocycles. The summed E-state index contributed by atoms with van der Waals surface area (Å²) in [6.45, 7) is 7.69. The second-order valence-electron chi connectivity index (χ2n) is 6.02. The normalized spacial score (nSPS) is 17.5. The monoisotopic (exact) mass is 303 g/mol. The molecule has 122 valence electrons. The summed E-state index contributed by atoms with van der Waals surface area (Å²) >= 11 is 0. The van der Waals surface area contributed by atoms with Crippen LogP contribution < -0.4 is 10.6 Å². The number of guanidine groups is 1. The molecule has 1 aromatic heterocycles. The van der Waals surface area contributed by atoms with Crippen LogP contribution in [0.3, 0.4) is 0 Å². The molecule has 2 rings (SSSR count). The van der Waals surface area contributed by atoms with Crippen LogP contribution in [0.5, 0.6) is 0 Å². The van der Waals surface area contributed by atoms with E-state index >= 15 is 0 Å². The second kappa shape index (κ2) is 9.41. The van der Waals surface area contributed by atoms with Crippen molar-refractivity contribution in [2.45, 2.75) is 26.2 Å². The molecule has 0 aromatic carbocycles. The lowest BCUT2D eigenvalue weighted by atomic mass is 9.99. The molecule has 0 saturated carbocycles. The molecule has 2 heterocycles. The van der Waals surface area contributed by atoms with E-state index in [1.165, 1.54) is 25.9 Å². The van der Waals surface area contributed by atoms with Crippen molar-refractivity contribution in [1.82, 2.24) is 20.5 Å². The quantitative estimate of drug-likeness (QED) is 0.618. The molecule has 0 amide bonds. The summed E-state index contributed by atoms with van der Waals surface area (Å²) in [5.41, 5.74) is 1.10. The van der Waals surface area contributed by atoms with Gasteiger partial charge in [0, 0.05) is 45.0 Å². The minimum absolute atomic E-state index is 0.845. The third kappa shape index (κ3) is 6.02.